The number of hydrogen-bond donors (Lipinski definition) is 2. The van der Waals surface area contributed by atoms with Gasteiger partial charge in [0.25, 0.3) is 0 Å². The summed E-state index contributed by atoms with van der Waals surface area (Å²) < 4.78 is 4.78. The first-order chi connectivity index (χ1) is 39.7. The highest BCUT2D eigenvalue weighted by molar-refractivity contribution is 6.12. The molecule has 9 aromatic rings. The number of allylic oxidation sites excluding steroid dienone is 3. The van der Waals surface area contributed by atoms with Crippen LogP contribution in [0.1, 0.15) is 151 Å². The first kappa shape index (κ1) is 54.8. The van der Waals surface area contributed by atoms with Crippen molar-refractivity contribution < 1.29 is 9.59 Å². The molecule has 0 radical (unpaired) electrons. The molecular formula is C75H78N4O2. The van der Waals surface area contributed by atoms with Gasteiger partial charge in [0.15, 0.2) is 5.78 Å². The van der Waals surface area contributed by atoms with Crippen LogP contribution in [0.2, 0.25) is 0 Å². The zero-order chi connectivity index (χ0) is 56.1. The van der Waals surface area contributed by atoms with Crippen LogP contribution in [0, 0.1) is 17.8 Å². The number of aromatic nitrogens is 2. The second-order valence-corrected chi connectivity index (χ2v) is 22.6. The lowest BCUT2D eigenvalue weighted by atomic mass is 9.87. The highest BCUT2D eigenvalue weighted by Crippen LogP contribution is 2.45. The predicted molar refractivity (Wildman–Crippen MR) is 344 cm³/mol. The number of nitrogens with zero attached hydrogens (tertiary/aromatic N) is 2. The van der Waals surface area contributed by atoms with Gasteiger partial charge in [0.1, 0.15) is 0 Å². The summed E-state index contributed by atoms with van der Waals surface area (Å²) in [6.07, 6.45) is 22.2. The van der Waals surface area contributed by atoms with E-state index >= 15 is 0 Å². The van der Waals surface area contributed by atoms with E-state index in [0.717, 1.165) is 122 Å². The summed E-state index contributed by atoms with van der Waals surface area (Å²) in [5.41, 5.74) is 24.4. The van der Waals surface area contributed by atoms with Crippen LogP contribution in [0.4, 0.5) is 11.4 Å². The maximum Gasteiger partial charge on any atom is 0.227 e. The Labute approximate surface area is 480 Å². The molecule has 2 fully saturated rings. The Bertz CT molecular complexity index is 3950. The molecule has 6 nitrogen and oxygen atoms in total. The Balaban J connectivity index is 0.00000169. The number of carbonyl (C=O) groups excluding carboxylic acids is 2. The molecule has 2 N–H and O–H groups in total. The summed E-state index contributed by atoms with van der Waals surface area (Å²) in [6.45, 7) is 16.9. The van der Waals surface area contributed by atoms with Crippen LogP contribution in [0.5, 0.6) is 0 Å². The summed E-state index contributed by atoms with van der Waals surface area (Å²) in [4.78, 5) is 27.2. The van der Waals surface area contributed by atoms with Gasteiger partial charge in [-0.25, -0.2) is 0 Å². The first-order valence-corrected chi connectivity index (χ1v) is 30.3. The molecule has 0 bridgehead atoms. The third-order valence-corrected chi connectivity index (χ3v) is 17.2. The molecule has 1 amide bonds. The highest BCUT2D eigenvalue weighted by Gasteiger charge is 2.26. The van der Waals surface area contributed by atoms with E-state index in [4.69, 9.17) is 0 Å². The lowest BCUT2D eigenvalue weighted by molar-refractivity contribution is -0.120. The fourth-order valence-corrected chi connectivity index (χ4v) is 13.1. The van der Waals surface area contributed by atoms with Crippen molar-refractivity contribution in [3.8, 4) is 44.8 Å². The molecule has 2 aromatic heterocycles. The van der Waals surface area contributed by atoms with Crippen LogP contribution in [0.3, 0.4) is 0 Å². The van der Waals surface area contributed by atoms with Gasteiger partial charge in [0.2, 0.25) is 5.91 Å². The lowest BCUT2D eigenvalue weighted by Gasteiger charge is -2.24. The number of carbonyl (C=O) groups is 2. The number of rotatable bonds is 13. The Morgan fingerprint density at radius 2 is 1.25 bits per heavy atom. The van der Waals surface area contributed by atoms with Gasteiger partial charge in [-0.1, -0.05) is 172 Å². The molecule has 0 atom stereocenters. The van der Waals surface area contributed by atoms with Crippen molar-refractivity contribution in [3.05, 3.63) is 198 Å². The molecular weight excluding hydrogens is 989 g/mol. The van der Waals surface area contributed by atoms with Crippen LogP contribution in [-0.2, 0) is 11.2 Å². The molecule has 4 aliphatic rings. The van der Waals surface area contributed by atoms with Crippen molar-refractivity contribution in [2.75, 3.05) is 10.6 Å². The Morgan fingerprint density at radius 3 is 2.04 bits per heavy atom. The Hall–Kier alpha value is -8.18. The van der Waals surface area contributed by atoms with Gasteiger partial charge in [0, 0.05) is 68.1 Å². The van der Waals surface area contributed by atoms with E-state index in [2.05, 4.69) is 185 Å². The second kappa shape index (κ2) is 24.3. The van der Waals surface area contributed by atoms with Gasteiger partial charge < -0.3 is 19.8 Å². The van der Waals surface area contributed by atoms with Gasteiger partial charge >= 0.3 is 0 Å². The second-order valence-electron chi connectivity index (χ2n) is 22.6. The van der Waals surface area contributed by atoms with Gasteiger partial charge in [-0.15, -0.1) is 5.73 Å². The molecule has 2 heterocycles. The summed E-state index contributed by atoms with van der Waals surface area (Å²) in [5.74, 6) is 1.33. The van der Waals surface area contributed by atoms with Crippen LogP contribution in [0.25, 0.3) is 89.6 Å². The fourth-order valence-electron chi connectivity index (χ4n) is 13.1. The summed E-state index contributed by atoms with van der Waals surface area (Å²) in [7, 11) is 0. The number of Topliss-reactive ketones (excluding diaryl/α,β-unsaturated/α-hetero) is 1. The maximum atomic E-state index is 13.8. The van der Waals surface area contributed by atoms with Gasteiger partial charge in [-0.2, -0.15) is 0 Å². The van der Waals surface area contributed by atoms with E-state index < -0.39 is 0 Å². The molecule has 6 heteroatoms. The van der Waals surface area contributed by atoms with E-state index in [1.807, 2.05) is 52.0 Å². The summed E-state index contributed by atoms with van der Waals surface area (Å²) in [6, 6.07) is 50.8. The van der Waals surface area contributed by atoms with Crippen LogP contribution >= 0.6 is 0 Å². The lowest BCUT2D eigenvalue weighted by Crippen LogP contribution is -2.24. The molecule has 81 heavy (non-hydrogen) atoms. The van der Waals surface area contributed by atoms with Crippen LogP contribution in [-0.4, -0.2) is 20.8 Å². The Kier molecular flexibility index (Phi) is 16.4. The molecule has 0 unspecified atom stereocenters. The third-order valence-electron chi connectivity index (χ3n) is 17.2. The molecule has 2 saturated carbocycles. The molecule has 7 aromatic carbocycles. The van der Waals surface area contributed by atoms with Gasteiger partial charge in [0.05, 0.1) is 22.2 Å². The van der Waals surface area contributed by atoms with Crippen molar-refractivity contribution in [3.63, 3.8) is 0 Å². The fraction of sp³-hybridized carbons (Fsp3) is 0.293. The molecule has 0 spiro atoms. The molecule has 410 valence electrons. The minimum Gasteiger partial charge on any atom is -0.359 e. The van der Waals surface area contributed by atoms with Crippen LogP contribution in [0.15, 0.2) is 170 Å². The van der Waals surface area contributed by atoms with E-state index in [1.54, 1.807) is 0 Å². The number of anilines is 2. The third kappa shape index (κ3) is 10.9. The molecule has 0 aliphatic heterocycles. The summed E-state index contributed by atoms with van der Waals surface area (Å²) in [5, 5.41) is 10.4. The average molecular weight is 1070 g/mol. The highest BCUT2D eigenvalue weighted by atomic mass is 16.2. The molecule has 4 aliphatic carbocycles. The standard InChI is InChI=1S/C71H66N4O2.2C2H6/c1-45(2)28-37-70(76)53-31-35-62-61-34-30-50(49-20-13-22-54(38-49)73-71(77)48-18-9-5-10-19-48)41-67(61)75(68(62)42-53)57-33-29-52-40-65-58(25-15-26-59(65)64(52)44-57)51-21-14-23-56(39-51)74-66-27-12-6-11-24-60(66)63-36-32-55(43-69(63)74)72-46(3)47-16-7-4-8-17-47;2*1-2/h6,12-15,20-27,29-36,38-39,41-45,47-48,72H,3-5,7-10,16-19,28,37,40H2,1-2H3,(H,73,77);2*1-2H3. The zero-order valence-corrected chi connectivity index (χ0v) is 48.4. The van der Waals surface area contributed by atoms with Crippen LogP contribution < -0.4 is 10.6 Å². The monoisotopic (exact) mass is 1070 g/mol. The van der Waals surface area contributed by atoms with E-state index in [-0.39, 0.29) is 17.6 Å². The van der Waals surface area contributed by atoms with Crippen molar-refractivity contribution in [2.24, 2.45) is 17.8 Å². The SMILES string of the molecule is C=C(Nc1ccc2c3c(n(-c4cccc(-c5cccc6c5Cc5ccc(-n7c8cc(C(=O)CCC(C)C)ccc8c8ccc(-c9cccc(NC(=O)C%10CCCCC%10)c9)cc87)cc5-6)c4)c2c1)C=CC=C=C3)C1CCCCC1.CC.CC. The number of amides is 1. The number of fused-ring (bicyclic) bond motifs is 9. The summed E-state index contributed by atoms with van der Waals surface area (Å²) >= 11 is 0. The van der Waals surface area contributed by atoms with Crippen molar-refractivity contribution in [2.45, 2.75) is 125 Å². The predicted octanol–water partition coefficient (Wildman–Crippen LogP) is 20.5. The van der Waals surface area contributed by atoms with E-state index in [0.29, 0.717) is 18.3 Å². The minimum atomic E-state index is 0.0767. The van der Waals surface area contributed by atoms with Gasteiger partial charge in [-0.3, -0.25) is 9.59 Å². The number of nitrogens with one attached hydrogen (secondary N) is 2. The largest absolute Gasteiger partial charge is 0.359 e. The molecule has 13 rings (SSSR count). The minimum absolute atomic E-state index is 0.0767. The maximum absolute atomic E-state index is 13.8. The number of ketones is 1. The molecule has 0 saturated heterocycles. The quantitative estimate of drug-likeness (QED) is 0.0893. The van der Waals surface area contributed by atoms with Crippen molar-refractivity contribution >= 4 is 67.9 Å². The van der Waals surface area contributed by atoms with Gasteiger partial charge in [-0.05, 0) is 174 Å². The topological polar surface area (TPSA) is 68.1 Å². The number of benzene rings is 7. The zero-order valence-electron chi connectivity index (χ0n) is 48.4. The number of hydrogen-bond acceptors (Lipinski definition) is 3. The first-order valence-electron chi connectivity index (χ1n) is 30.3. The van der Waals surface area contributed by atoms with E-state index in [1.165, 1.54) is 77.3 Å². The normalized spacial score (nSPS) is 14.7. The average Bonchev–Trinajstić information content (AvgIpc) is 4.19. The van der Waals surface area contributed by atoms with Crippen molar-refractivity contribution in [1.29, 1.82) is 0 Å². The smallest absolute Gasteiger partial charge is 0.227 e. The van der Waals surface area contributed by atoms with E-state index in [9.17, 15) is 9.59 Å². The van der Waals surface area contributed by atoms with Crippen molar-refractivity contribution in [1.82, 2.24) is 9.13 Å². The Morgan fingerprint density at radius 1 is 0.593 bits per heavy atom.